The number of thiophene rings is 1. The Balaban J connectivity index is 1.70. The van der Waals surface area contributed by atoms with Gasteiger partial charge in [0.05, 0.1) is 12.5 Å². The second-order valence-corrected chi connectivity index (χ2v) is 6.11. The van der Waals surface area contributed by atoms with E-state index in [1.807, 2.05) is 29.1 Å². The maximum Gasteiger partial charge on any atom is 0.225 e. The third-order valence-electron chi connectivity index (χ3n) is 3.55. The fourth-order valence-electron chi connectivity index (χ4n) is 2.38. The average Bonchev–Trinajstić information content (AvgIpc) is 2.96. The number of hydrogen-bond acceptors (Lipinski definition) is 4. The van der Waals surface area contributed by atoms with Crippen molar-refractivity contribution in [2.24, 2.45) is 5.92 Å². The van der Waals surface area contributed by atoms with Crippen LogP contribution in [0.2, 0.25) is 0 Å². The van der Waals surface area contributed by atoms with E-state index in [1.54, 1.807) is 17.7 Å². The summed E-state index contributed by atoms with van der Waals surface area (Å²) in [5.74, 6) is 1.46. The van der Waals surface area contributed by atoms with Crippen LogP contribution in [0.1, 0.15) is 36.5 Å². The largest absolute Gasteiger partial charge is 0.345 e. The van der Waals surface area contributed by atoms with E-state index in [1.165, 1.54) is 0 Å². The van der Waals surface area contributed by atoms with Crippen LogP contribution in [0, 0.1) is 5.92 Å². The highest BCUT2D eigenvalue weighted by Crippen LogP contribution is 2.40. The first-order valence-corrected chi connectivity index (χ1v) is 7.85. The molecule has 0 aliphatic heterocycles. The Bertz CT molecular complexity index is 574. The van der Waals surface area contributed by atoms with E-state index >= 15 is 0 Å². The van der Waals surface area contributed by atoms with Gasteiger partial charge in [-0.25, -0.2) is 9.67 Å². The molecule has 6 heteroatoms. The van der Waals surface area contributed by atoms with Crippen molar-refractivity contribution in [3.63, 3.8) is 0 Å². The fourth-order valence-corrected chi connectivity index (χ4v) is 3.08. The summed E-state index contributed by atoms with van der Waals surface area (Å²) < 4.78 is 1.87. The lowest BCUT2D eigenvalue weighted by Gasteiger charge is -2.18. The van der Waals surface area contributed by atoms with Crippen molar-refractivity contribution in [2.75, 3.05) is 0 Å². The molecular weight excluding hydrogens is 272 g/mol. The SMILES string of the molecule is CCn1ncnc1C(NC(=O)Cc1cccs1)C1CC1. The zero-order chi connectivity index (χ0) is 13.9. The molecule has 2 aromatic heterocycles. The van der Waals surface area contributed by atoms with Crippen molar-refractivity contribution in [1.29, 1.82) is 0 Å². The minimum absolute atomic E-state index is 0.00455. The van der Waals surface area contributed by atoms with E-state index < -0.39 is 0 Å². The molecule has 0 aromatic carbocycles. The summed E-state index contributed by atoms with van der Waals surface area (Å²) in [4.78, 5) is 17.6. The Morgan fingerprint density at radius 1 is 1.60 bits per heavy atom. The molecule has 1 aliphatic carbocycles. The second-order valence-electron chi connectivity index (χ2n) is 5.07. The van der Waals surface area contributed by atoms with Crippen LogP contribution in [-0.2, 0) is 17.8 Å². The lowest BCUT2D eigenvalue weighted by atomic mass is 10.1. The van der Waals surface area contributed by atoms with Gasteiger partial charge in [0.15, 0.2) is 0 Å². The highest BCUT2D eigenvalue weighted by molar-refractivity contribution is 7.10. The van der Waals surface area contributed by atoms with Crippen molar-refractivity contribution in [1.82, 2.24) is 20.1 Å². The number of nitrogens with zero attached hydrogens (tertiary/aromatic N) is 3. The molecule has 1 amide bonds. The monoisotopic (exact) mass is 290 g/mol. The Kier molecular flexibility index (Phi) is 3.82. The van der Waals surface area contributed by atoms with Gasteiger partial charge in [0.1, 0.15) is 12.2 Å². The summed E-state index contributed by atoms with van der Waals surface area (Å²) in [6, 6.07) is 3.97. The number of aryl methyl sites for hydroxylation is 1. The Morgan fingerprint density at radius 2 is 2.45 bits per heavy atom. The third kappa shape index (κ3) is 2.90. The molecule has 2 heterocycles. The quantitative estimate of drug-likeness (QED) is 0.887. The molecule has 1 atom stereocenters. The molecule has 1 fully saturated rings. The van der Waals surface area contributed by atoms with E-state index in [9.17, 15) is 4.79 Å². The first-order chi connectivity index (χ1) is 9.78. The zero-order valence-electron chi connectivity index (χ0n) is 11.5. The minimum atomic E-state index is 0.00455. The molecule has 106 valence electrons. The van der Waals surface area contributed by atoms with Gasteiger partial charge in [-0.3, -0.25) is 4.79 Å². The number of amides is 1. The van der Waals surface area contributed by atoms with Gasteiger partial charge in [-0.05, 0) is 37.1 Å². The van der Waals surface area contributed by atoms with Crippen LogP contribution in [-0.4, -0.2) is 20.7 Å². The standard InChI is InChI=1S/C14H18N4OS/c1-2-18-14(15-9-16-18)13(10-5-6-10)17-12(19)8-11-4-3-7-20-11/h3-4,7,9-10,13H,2,5-6,8H2,1H3,(H,17,19). The number of hydrogen-bond donors (Lipinski definition) is 1. The summed E-state index contributed by atoms with van der Waals surface area (Å²) >= 11 is 1.61. The summed E-state index contributed by atoms with van der Waals surface area (Å²) in [5, 5.41) is 9.34. The molecule has 0 radical (unpaired) electrons. The maximum atomic E-state index is 12.2. The topological polar surface area (TPSA) is 59.8 Å². The Morgan fingerprint density at radius 3 is 3.10 bits per heavy atom. The number of carbonyl (C=O) groups excluding carboxylic acids is 1. The van der Waals surface area contributed by atoms with Crippen LogP contribution in [0.25, 0.3) is 0 Å². The lowest BCUT2D eigenvalue weighted by Crippen LogP contribution is -2.33. The number of nitrogens with one attached hydrogen (secondary N) is 1. The van der Waals surface area contributed by atoms with Gasteiger partial charge in [0.2, 0.25) is 5.91 Å². The van der Waals surface area contributed by atoms with Gasteiger partial charge >= 0.3 is 0 Å². The molecule has 1 saturated carbocycles. The van der Waals surface area contributed by atoms with E-state index in [-0.39, 0.29) is 11.9 Å². The molecule has 1 aliphatic rings. The Labute approximate surface area is 122 Å². The molecule has 5 nitrogen and oxygen atoms in total. The minimum Gasteiger partial charge on any atom is -0.345 e. The van der Waals surface area contributed by atoms with Crippen molar-refractivity contribution >= 4 is 17.2 Å². The molecule has 3 rings (SSSR count). The predicted molar refractivity (Wildman–Crippen MR) is 77.3 cm³/mol. The van der Waals surface area contributed by atoms with Crippen LogP contribution in [0.4, 0.5) is 0 Å². The van der Waals surface area contributed by atoms with Crippen LogP contribution in [0.3, 0.4) is 0 Å². The van der Waals surface area contributed by atoms with Gasteiger partial charge in [-0.1, -0.05) is 6.07 Å². The van der Waals surface area contributed by atoms with E-state index in [2.05, 4.69) is 15.4 Å². The van der Waals surface area contributed by atoms with E-state index in [0.29, 0.717) is 12.3 Å². The van der Waals surface area contributed by atoms with E-state index in [4.69, 9.17) is 0 Å². The van der Waals surface area contributed by atoms with Gasteiger partial charge in [-0.15, -0.1) is 11.3 Å². The first kappa shape index (κ1) is 13.3. The number of aromatic nitrogens is 3. The normalized spacial score (nSPS) is 16.1. The smallest absolute Gasteiger partial charge is 0.225 e. The molecule has 0 bridgehead atoms. The first-order valence-electron chi connectivity index (χ1n) is 6.97. The van der Waals surface area contributed by atoms with Crippen LogP contribution < -0.4 is 5.32 Å². The van der Waals surface area contributed by atoms with Gasteiger partial charge in [-0.2, -0.15) is 5.10 Å². The van der Waals surface area contributed by atoms with Crippen LogP contribution in [0.5, 0.6) is 0 Å². The number of carbonyl (C=O) groups is 1. The molecular formula is C14H18N4OS. The summed E-state index contributed by atoms with van der Waals surface area (Å²) in [6.07, 6.45) is 4.32. The van der Waals surface area contributed by atoms with Crippen LogP contribution >= 0.6 is 11.3 Å². The van der Waals surface area contributed by atoms with Crippen molar-refractivity contribution in [3.05, 3.63) is 34.5 Å². The Hall–Kier alpha value is -1.69. The molecule has 20 heavy (non-hydrogen) atoms. The summed E-state index contributed by atoms with van der Waals surface area (Å²) in [7, 11) is 0. The van der Waals surface area contributed by atoms with Gasteiger partial charge < -0.3 is 5.32 Å². The van der Waals surface area contributed by atoms with Crippen molar-refractivity contribution in [3.8, 4) is 0 Å². The highest BCUT2D eigenvalue weighted by Gasteiger charge is 2.36. The average molecular weight is 290 g/mol. The maximum absolute atomic E-state index is 12.2. The van der Waals surface area contributed by atoms with Crippen LogP contribution in [0.15, 0.2) is 23.8 Å². The molecule has 1 unspecified atom stereocenters. The molecule has 2 aromatic rings. The second kappa shape index (κ2) is 5.75. The predicted octanol–water partition coefficient (Wildman–Crippen LogP) is 2.17. The van der Waals surface area contributed by atoms with Gasteiger partial charge in [0, 0.05) is 11.4 Å². The van der Waals surface area contributed by atoms with E-state index in [0.717, 1.165) is 30.1 Å². The number of rotatable bonds is 6. The fraction of sp³-hybridized carbons (Fsp3) is 0.500. The third-order valence-corrected chi connectivity index (χ3v) is 4.42. The lowest BCUT2D eigenvalue weighted by molar-refractivity contribution is -0.121. The summed E-state index contributed by atoms with van der Waals surface area (Å²) in [5.41, 5.74) is 0. The molecule has 1 N–H and O–H groups in total. The summed E-state index contributed by atoms with van der Waals surface area (Å²) in [6.45, 7) is 2.81. The van der Waals surface area contributed by atoms with Crippen molar-refractivity contribution < 1.29 is 4.79 Å². The molecule has 0 saturated heterocycles. The molecule has 0 spiro atoms. The zero-order valence-corrected chi connectivity index (χ0v) is 12.3. The van der Waals surface area contributed by atoms with Crippen molar-refractivity contribution in [2.45, 2.75) is 38.8 Å². The highest BCUT2D eigenvalue weighted by atomic mass is 32.1. The van der Waals surface area contributed by atoms with Gasteiger partial charge in [0.25, 0.3) is 0 Å².